The van der Waals surface area contributed by atoms with Crippen LogP contribution in [0.2, 0.25) is 0 Å². The Hall–Kier alpha value is -5.57. The second-order valence-corrected chi connectivity index (χ2v) is 14.7. The molecule has 0 aliphatic carbocycles. The molecule has 0 saturated carbocycles. The number of aryl methyl sites for hydroxylation is 1. The Balaban J connectivity index is 1.26. The number of aliphatic imine (C=N–C) groups is 1. The smallest absolute Gasteiger partial charge is 0.436 e. The molecule has 0 fully saturated rings. The summed E-state index contributed by atoms with van der Waals surface area (Å²) in [5.74, 6) is 3.13. The van der Waals surface area contributed by atoms with Crippen LogP contribution >= 0.6 is 11.3 Å². The van der Waals surface area contributed by atoms with Crippen molar-refractivity contribution in [3.05, 3.63) is 76.4 Å². The summed E-state index contributed by atoms with van der Waals surface area (Å²) in [6, 6.07) is 9.46. The van der Waals surface area contributed by atoms with Crippen molar-refractivity contribution in [3.63, 3.8) is 0 Å². The van der Waals surface area contributed by atoms with E-state index in [1.807, 2.05) is 30.2 Å². The first-order chi connectivity index (χ1) is 24.1. The first-order valence-electron chi connectivity index (χ1n) is 16.0. The lowest BCUT2D eigenvalue weighted by molar-refractivity contribution is -0.223. The number of amides is 1. The van der Waals surface area contributed by atoms with Crippen molar-refractivity contribution in [2.45, 2.75) is 72.0 Å². The quantitative estimate of drug-likeness (QED) is 0.142. The van der Waals surface area contributed by atoms with Crippen LogP contribution in [0, 0.1) is 0 Å². The first-order valence-corrected chi connectivity index (χ1v) is 16.8. The van der Waals surface area contributed by atoms with E-state index in [2.05, 4.69) is 20.2 Å². The molecule has 0 saturated heterocycles. The van der Waals surface area contributed by atoms with E-state index < -0.39 is 23.5 Å². The van der Waals surface area contributed by atoms with Crippen LogP contribution in [0.5, 0.6) is 16.8 Å². The molecule has 1 aliphatic heterocycles. The highest BCUT2D eigenvalue weighted by Crippen LogP contribution is 2.36. The highest BCUT2D eigenvalue weighted by atomic mass is 32.1. The molecule has 15 nitrogen and oxygen atoms in total. The maximum atomic E-state index is 13.8. The third-order valence-electron chi connectivity index (χ3n) is 7.49. The number of carbonyl (C=O) groups excluding carboxylic acids is 2. The third kappa shape index (κ3) is 7.62. The lowest BCUT2D eigenvalue weighted by Crippen LogP contribution is -2.48. The van der Waals surface area contributed by atoms with E-state index in [0.29, 0.717) is 39.9 Å². The number of rotatable bonds is 9. The van der Waals surface area contributed by atoms with Gasteiger partial charge in [-0.25, -0.2) is 19.0 Å². The number of hydroxylamine groups is 2. The second kappa shape index (κ2) is 13.6. The van der Waals surface area contributed by atoms with Gasteiger partial charge in [-0.2, -0.15) is 20.2 Å². The molecule has 1 unspecified atom stereocenters. The Bertz CT molecular complexity index is 2280. The maximum Gasteiger partial charge on any atom is 0.436 e. The van der Waals surface area contributed by atoms with Crippen molar-refractivity contribution in [1.29, 1.82) is 0 Å². The van der Waals surface area contributed by atoms with Gasteiger partial charge in [0.1, 0.15) is 22.8 Å². The average molecular weight is 715 g/mol. The number of nitrogens with zero attached hydrogens (tertiary/aromatic N) is 8. The molecule has 1 amide bonds. The van der Waals surface area contributed by atoms with Crippen molar-refractivity contribution in [1.82, 2.24) is 34.2 Å². The van der Waals surface area contributed by atoms with Gasteiger partial charge in [0, 0.05) is 18.5 Å². The fraction of sp³-hybridized carbons (Fsp3) is 0.371. The number of allylic oxidation sites excluding steroid dienone is 1. The van der Waals surface area contributed by atoms with Crippen LogP contribution in [0.25, 0.3) is 21.3 Å². The van der Waals surface area contributed by atoms with Gasteiger partial charge >= 0.3 is 6.09 Å². The zero-order valence-electron chi connectivity index (χ0n) is 29.5. The summed E-state index contributed by atoms with van der Waals surface area (Å²) in [6.45, 7) is 10.9. The molecule has 1 aromatic carbocycles. The average Bonchev–Trinajstić information content (AvgIpc) is 3.76. The number of ether oxygens (including phenoxy) is 3. The van der Waals surface area contributed by atoms with Crippen LogP contribution in [-0.4, -0.2) is 76.4 Å². The van der Waals surface area contributed by atoms with Crippen molar-refractivity contribution in [2.24, 2.45) is 12.0 Å². The maximum absolute atomic E-state index is 13.8. The van der Waals surface area contributed by atoms with Gasteiger partial charge in [-0.3, -0.25) is 14.6 Å². The highest BCUT2D eigenvalue weighted by Gasteiger charge is 2.36. The number of thiazole rings is 1. The normalized spacial score (nSPS) is 14.9. The fourth-order valence-corrected chi connectivity index (χ4v) is 6.26. The Morgan fingerprint density at radius 3 is 2.41 bits per heavy atom. The Morgan fingerprint density at radius 2 is 1.75 bits per heavy atom. The minimum Gasteiger partial charge on any atom is -0.497 e. The summed E-state index contributed by atoms with van der Waals surface area (Å²) in [4.78, 5) is 54.2. The van der Waals surface area contributed by atoms with Crippen LogP contribution in [0.4, 0.5) is 4.79 Å². The zero-order chi connectivity index (χ0) is 36.7. The predicted molar refractivity (Wildman–Crippen MR) is 191 cm³/mol. The van der Waals surface area contributed by atoms with Crippen molar-refractivity contribution in [2.75, 3.05) is 7.11 Å². The van der Waals surface area contributed by atoms with E-state index in [1.54, 1.807) is 89.5 Å². The number of methoxy groups -OCH3 is 1. The molecule has 0 bridgehead atoms. The standard InChI is InChI=1S/C35H38N8O7S/c1-34(2,3)49-33(46)43(50-35(4,5)6)29-22(20-44)11-12-23(38-29)19-42-31(45)27-25(17-37-42)28-30(40(27)7)39-32(51-28)48-26-15-16-36-41(26)18-21-9-13-24(47-8)14-10-21/h9-17,29H,18-19H2,1-8H3. The molecule has 1 aliphatic rings. The molecule has 0 spiro atoms. The number of fused-ring (bicyclic) bond motifs is 3. The van der Waals surface area contributed by atoms with Gasteiger partial charge in [0.25, 0.3) is 10.8 Å². The number of hydrogen-bond acceptors (Lipinski definition) is 12. The number of dihydropyridines is 1. The molecule has 51 heavy (non-hydrogen) atoms. The molecular formula is C35H38N8O7S. The SMILES string of the molecule is COc1ccc(Cn2nccc2Oc2nc3c(s2)c2cnn(CC4=NC(N(OC(C)(C)C)C(=O)OC(C)(C)C)C(=C=O)C=C4)c(=O)c2n3C)cc1. The molecule has 266 valence electrons. The van der Waals surface area contributed by atoms with Gasteiger partial charge in [-0.05, 0) is 71.4 Å². The van der Waals surface area contributed by atoms with Crippen molar-refractivity contribution in [3.8, 4) is 16.8 Å². The fourth-order valence-electron chi connectivity index (χ4n) is 5.29. The largest absolute Gasteiger partial charge is 0.497 e. The van der Waals surface area contributed by atoms with Gasteiger partial charge < -0.3 is 18.8 Å². The highest BCUT2D eigenvalue weighted by molar-refractivity contribution is 7.21. The topological polar surface area (TPSA) is 157 Å². The summed E-state index contributed by atoms with van der Waals surface area (Å²) in [7, 11) is 3.38. The van der Waals surface area contributed by atoms with E-state index in [0.717, 1.165) is 21.1 Å². The Kier molecular flexibility index (Phi) is 9.42. The van der Waals surface area contributed by atoms with Crippen LogP contribution in [-0.2, 0) is 34.5 Å². The molecule has 5 heterocycles. The summed E-state index contributed by atoms with van der Waals surface area (Å²) in [5, 5.41) is 10.8. The number of aromatic nitrogens is 6. The Labute approximate surface area is 297 Å². The minimum absolute atomic E-state index is 0.0512. The van der Waals surface area contributed by atoms with Crippen LogP contribution in [0.1, 0.15) is 47.1 Å². The van der Waals surface area contributed by atoms with Crippen molar-refractivity contribution >= 4 is 50.3 Å². The Morgan fingerprint density at radius 1 is 1.00 bits per heavy atom. The van der Waals surface area contributed by atoms with Crippen molar-refractivity contribution < 1.29 is 28.6 Å². The van der Waals surface area contributed by atoms with E-state index in [1.165, 1.54) is 22.1 Å². The van der Waals surface area contributed by atoms with Gasteiger partial charge in [0.2, 0.25) is 5.88 Å². The molecule has 5 aromatic rings. The number of carbonyl (C=O) groups is 1. The first kappa shape index (κ1) is 35.3. The monoisotopic (exact) mass is 714 g/mol. The lowest BCUT2D eigenvalue weighted by atomic mass is 10.1. The number of hydrogen-bond donors (Lipinski definition) is 0. The van der Waals surface area contributed by atoms with E-state index in [4.69, 9.17) is 19.0 Å². The second-order valence-electron chi connectivity index (χ2n) is 13.7. The van der Waals surface area contributed by atoms with E-state index in [9.17, 15) is 14.4 Å². The van der Waals surface area contributed by atoms with Crippen LogP contribution in [0.15, 0.2) is 70.2 Å². The molecule has 4 aromatic heterocycles. The lowest BCUT2D eigenvalue weighted by Gasteiger charge is -2.35. The van der Waals surface area contributed by atoms with Gasteiger partial charge in [-0.1, -0.05) is 23.5 Å². The van der Waals surface area contributed by atoms with E-state index in [-0.39, 0.29) is 17.7 Å². The minimum atomic E-state index is -1.20. The number of benzene rings is 1. The van der Waals surface area contributed by atoms with Crippen LogP contribution < -0.4 is 15.0 Å². The summed E-state index contributed by atoms with van der Waals surface area (Å²) >= 11 is 1.30. The summed E-state index contributed by atoms with van der Waals surface area (Å²) < 4.78 is 22.4. The predicted octanol–water partition coefficient (Wildman–Crippen LogP) is 5.45. The summed E-state index contributed by atoms with van der Waals surface area (Å²) in [6.07, 6.45) is 4.29. The molecule has 1 atom stereocenters. The molecule has 6 rings (SSSR count). The molecule has 0 N–H and O–H groups in total. The summed E-state index contributed by atoms with van der Waals surface area (Å²) in [5.41, 5.74) is 0.358. The van der Waals surface area contributed by atoms with Crippen LogP contribution in [0.3, 0.4) is 0 Å². The molecule has 0 radical (unpaired) electrons. The van der Waals surface area contributed by atoms with Gasteiger partial charge in [-0.15, -0.1) is 0 Å². The molecular weight excluding hydrogens is 677 g/mol. The van der Waals surface area contributed by atoms with Gasteiger partial charge in [0.15, 0.2) is 11.8 Å². The van der Waals surface area contributed by atoms with E-state index >= 15 is 0 Å². The third-order valence-corrected chi connectivity index (χ3v) is 8.44. The zero-order valence-corrected chi connectivity index (χ0v) is 30.3. The molecule has 16 heteroatoms. The van der Waals surface area contributed by atoms with Gasteiger partial charge in [0.05, 0.1) is 54.2 Å².